The van der Waals surface area contributed by atoms with E-state index in [9.17, 15) is 4.79 Å². The molecule has 0 unspecified atom stereocenters. The summed E-state index contributed by atoms with van der Waals surface area (Å²) in [6.07, 6.45) is 3.83. The van der Waals surface area contributed by atoms with Crippen molar-refractivity contribution >= 4 is 18.6 Å². The molecule has 0 bridgehead atoms. The Morgan fingerprint density at radius 3 is 3.08 bits per heavy atom. The average Bonchev–Trinajstić information content (AvgIpc) is 2.49. The van der Waals surface area contributed by atoms with Crippen LogP contribution in [0.1, 0.15) is 12.1 Å². The van der Waals surface area contributed by atoms with Gasteiger partial charge in [0.05, 0.1) is 18.4 Å². The fraction of sp³-hybridized carbons (Fsp3) is 0.500. The summed E-state index contributed by atoms with van der Waals surface area (Å²) in [5.41, 5.74) is 0.759. The van der Waals surface area contributed by atoms with Crippen LogP contribution in [-0.4, -0.2) is 21.3 Å². The van der Waals surface area contributed by atoms with Crippen molar-refractivity contribution < 1.29 is 9.53 Å². The van der Waals surface area contributed by atoms with Gasteiger partial charge in [-0.15, -0.1) is 0 Å². The maximum absolute atomic E-state index is 10.9. The number of rotatable bonds is 4. The lowest BCUT2D eigenvalue weighted by Gasteiger charge is -1.99. The van der Waals surface area contributed by atoms with Crippen LogP contribution in [0.25, 0.3) is 0 Å². The van der Waals surface area contributed by atoms with E-state index in [1.54, 1.807) is 6.33 Å². The molecule has 0 spiro atoms. The molecule has 0 aromatic carbocycles. The van der Waals surface area contributed by atoms with Crippen LogP contribution >= 0.6 is 12.6 Å². The lowest BCUT2D eigenvalue weighted by molar-refractivity contribution is -0.144. The monoisotopic (exact) mass is 200 g/mol. The molecular weight excluding hydrogens is 188 g/mol. The SMILES string of the molecule is Cn1cnc(COC(=O)CCS)c1. The second kappa shape index (κ2) is 4.91. The Bertz CT molecular complexity index is 285. The molecule has 0 aliphatic heterocycles. The van der Waals surface area contributed by atoms with Gasteiger partial charge in [-0.3, -0.25) is 4.79 Å². The van der Waals surface area contributed by atoms with Crippen LogP contribution in [0.2, 0.25) is 0 Å². The summed E-state index contributed by atoms with van der Waals surface area (Å²) in [5, 5.41) is 0. The first kappa shape index (κ1) is 10.1. The van der Waals surface area contributed by atoms with Crippen molar-refractivity contribution in [3.63, 3.8) is 0 Å². The van der Waals surface area contributed by atoms with Gasteiger partial charge in [0.15, 0.2) is 0 Å². The molecule has 13 heavy (non-hydrogen) atoms. The first-order chi connectivity index (χ1) is 6.22. The number of aryl methyl sites for hydroxylation is 1. The molecule has 1 heterocycles. The highest BCUT2D eigenvalue weighted by atomic mass is 32.1. The Hall–Kier alpha value is -0.970. The van der Waals surface area contributed by atoms with Gasteiger partial charge >= 0.3 is 5.97 Å². The van der Waals surface area contributed by atoms with Crippen molar-refractivity contribution in [3.05, 3.63) is 18.2 Å². The zero-order valence-electron chi connectivity index (χ0n) is 7.43. The van der Waals surface area contributed by atoms with E-state index in [4.69, 9.17) is 4.74 Å². The highest BCUT2D eigenvalue weighted by Gasteiger charge is 2.02. The minimum Gasteiger partial charge on any atom is -0.459 e. The molecule has 1 aromatic heterocycles. The van der Waals surface area contributed by atoms with Crippen LogP contribution in [-0.2, 0) is 23.2 Å². The number of nitrogens with zero attached hydrogens (tertiary/aromatic N) is 2. The van der Waals surface area contributed by atoms with Crippen LogP contribution in [0.3, 0.4) is 0 Å². The van der Waals surface area contributed by atoms with Crippen molar-refractivity contribution in [1.29, 1.82) is 0 Å². The Morgan fingerprint density at radius 1 is 1.77 bits per heavy atom. The van der Waals surface area contributed by atoms with Gasteiger partial charge in [-0.05, 0) is 0 Å². The van der Waals surface area contributed by atoms with Crippen LogP contribution in [0.4, 0.5) is 0 Å². The van der Waals surface area contributed by atoms with E-state index in [2.05, 4.69) is 17.6 Å². The van der Waals surface area contributed by atoms with Crippen molar-refractivity contribution in [2.75, 3.05) is 5.75 Å². The van der Waals surface area contributed by atoms with Gasteiger partial charge in [0.2, 0.25) is 0 Å². The van der Waals surface area contributed by atoms with Gasteiger partial charge < -0.3 is 9.30 Å². The topological polar surface area (TPSA) is 44.1 Å². The van der Waals surface area contributed by atoms with Crippen LogP contribution < -0.4 is 0 Å². The highest BCUT2D eigenvalue weighted by Crippen LogP contribution is 1.98. The van der Waals surface area contributed by atoms with Gasteiger partial charge in [0.1, 0.15) is 6.61 Å². The van der Waals surface area contributed by atoms with Crippen molar-refractivity contribution in [1.82, 2.24) is 9.55 Å². The highest BCUT2D eigenvalue weighted by molar-refractivity contribution is 7.80. The Labute approximate surface area is 82.3 Å². The number of aromatic nitrogens is 2. The number of thiol groups is 1. The molecule has 0 aliphatic carbocycles. The maximum atomic E-state index is 10.9. The fourth-order valence-corrected chi connectivity index (χ4v) is 1.04. The van der Waals surface area contributed by atoms with Crippen molar-refractivity contribution in [3.8, 4) is 0 Å². The van der Waals surface area contributed by atoms with E-state index >= 15 is 0 Å². The minimum atomic E-state index is -0.236. The third kappa shape index (κ3) is 3.50. The smallest absolute Gasteiger partial charge is 0.307 e. The molecule has 1 aromatic rings. The molecule has 0 radical (unpaired) electrons. The average molecular weight is 200 g/mol. The number of carbonyl (C=O) groups excluding carboxylic acids is 1. The molecule has 0 amide bonds. The van der Waals surface area contributed by atoms with Gasteiger partial charge in [-0.1, -0.05) is 0 Å². The van der Waals surface area contributed by atoms with E-state index in [1.807, 2.05) is 17.8 Å². The second-order valence-electron chi connectivity index (χ2n) is 2.66. The largest absolute Gasteiger partial charge is 0.459 e. The number of hydrogen-bond donors (Lipinski definition) is 1. The van der Waals surface area contributed by atoms with Gasteiger partial charge in [0.25, 0.3) is 0 Å². The zero-order chi connectivity index (χ0) is 9.68. The van der Waals surface area contributed by atoms with Crippen molar-refractivity contribution in [2.24, 2.45) is 7.05 Å². The molecule has 0 saturated heterocycles. The molecule has 0 atom stereocenters. The summed E-state index contributed by atoms with van der Waals surface area (Å²) in [6, 6.07) is 0. The molecule has 5 heteroatoms. The molecule has 0 fully saturated rings. The lowest BCUT2D eigenvalue weighted by Crippen LogP contribution is -2.04. The summed E-state index contributed by atoms with van der Waals surface area (Å²) in [6.45, 7) is 0.244. The maximum Gasteiger partial charge on any atom is 0.307 e. The van der Waals surface area contributed by atoms with Crippen LogP contribution in [0.5, 0.6) is 0 Å². The minimum absolute atomic E-state index is 0.236. The first-order valence-electron chi connectivity index (χ1n) is 3.95. The molecule has 1 rings (SSSR count). The molecule has 0 aliphatic rings. The normalized spacial score (nSPS) is 10.0. The van der Waals surface area contributed by atoms with E-state index in [1.165, 1.54) is 0 Å². The predicted octanol–water partition coefficient (Wildman–Crippen LogP) is 0.783. The summed E-state index contributed by atoms with van der Waals surface area (Å²) >= 11 is 3.92. The standard InChI is InChI=1S/C8H12N2O2S/c1-10-4-7(9-6-10)5-12-8(11)2-3-13/h4,6,13H,2-3,5H2,1H3. The first-order valence-corrected chi connectivity index (χ1v) is 4.59. The number of carbonyl (C=O) groups is 1. The second-order valence-corrected chi connectivity index (χ2v) is 3.11. The number of imidazole rings is 1. The van der Waals surface area contributed by atoms with E-state index < -0.39 is 0 Å². The molecular formula is C8H12N2O2S. The van der Waals surface area contributed by atoms with E-state index in [0.29, 0.717) is 12.2 Å². The summed E-state index contributed by atoms with van der Waals surface area (Å²) in [5.74, 6) is 0.279. The molecule has 4 nitrogen and oxygen atoms in total. The van der Waals surface area contributed by atoms with Crippen molar-refractivity contribution in [2.45, 2.75) is 13.0 Å². The molecule has 0 saturated carbocycles. The predicted molar refractivity (Wildman–Crippen MR) is 51.5 cm³/mol. The summed E-state index contributed by atoms with van der Waals surface area (Å²) in [7, 11) is 1.87. The number of hydrogen-bond acceptors (Lipinski definition) is 4. The zero-order valence-corrected chi connectivity index (χ0v) is 8.33. The van der Waals surface area contributed by atoms with Crippen LogP contribution in [0.15, 0.2) is 12.5 Å². The third-order valence-corrected chi connectivity index (χ3v) is 1.68. The van der Waals surface area contributed by atoms with Gasteiger partial charge in [0, 0.05) is 19.0 Å². The Kier molecular flexibility index (Phi) is 3.82. The quantitative estimate of drug-likeness (QED) is 0.577. The Balaban J connectivity index is 2.30. The van der Waals surface area contributed by atoms with E-state index in [0.717, 1.165) is 5.69 Å². The third-order valence-electron chi connectivity index (χ3n) is 1.46. The molecule has 0 N–H and O–H groups in total. The van der Waals surface area contributed by atoms with Gasteiger partial charge in [-0.25, -0.2) is 4.98 Å². The summed E-state index contributed by atoms with van der Waals surface area (Å²) in [4.78, 5) is 14.9. The fourth-order valence-electron chi connectivity index (χ4n) is 0.859. The molecule has 72 valence electrons. The Morgan fingerprint density at radius 2 is 2.54 bits per heavy atom. The number of esters is 1. The van der Waals surface area contributed by atoms with Gasteiger partial charge in [-0.2, -0.15) is 12.6 Å². The van der Waals surface area contributed by atoms with E-state index in [-0.39, 0.29) is 12.6 Å². The van der Waals surface area contributed by atoms with Crippen LogP contribution in [0, 0.1) is 0 Å². The lowest BCUT2D eigenvalue weighted by atomic mass is 10.5. The summed E-state index contributed by atoms with van der Waals surface area (Å²) < 4.78 is 6.73. The number of ether oxygens (including phenoxy) is 1.